The van der Waals surface area contributed by atoms with Crippen molar-refractivity contribution in [3.05, 3.63) is 133 Å². The highest BCUT2D eigenvalue weighted by atomic mass is 19.4. The molecule has 1 aromatic heterocycles. The van der Waals surface area contributed by atoms with E-state index < -0.39 is 47.0 Å². The van der Waals surface area contributed by atoms with Gasteiger partial charge < -0.3 is 10.6 Å². The fourth-order valence-electron chi connectivity index (χ4n) is 5.56. The van der Waals surface area contributed by atoms with Crippen molar-refractivity contribution in [3.8, 4) is 0 Å². The molecular weight excluding hydrogens is 562 g/mol. The van der Waals surface area contributed by atoms with Gasteiger partial charge in [-0.1, -0.05) is 54.6 Å². The quantitative estimate of drug-likeness (QED) is 0.307. The third kappa shape index (κ3) is 6.57. The molecule has 1 fully saturated rings. The first-order valence-electron chi connectivity index (χ1n) is 14.0. The summed E-state index contributed by atoms with van der Waals surface area (Å²) in [5.74, 6) is -1.09. The fourth-order valence-corrected chi connectivity index (χ4v) is 5.56. The van der Waals surface area contributed by atoms with E-state index in [1.807, 2.05) is 35.2 Å². The first kappa shape index (κ1) is 30.2. The second-order valence-corrected chi connectivity index (χ2v) is 10.7. The smallest absolute Gasteiger partial charge is 0.363 e. The first-order chi connectivity index (χ1) is 20.5. The van der Waals surface area contributed by atoms with Gasteiger partial charge in [0.1, 0.15) is 11.5 Å². The maximum absolute atomic E-state index is 14.9. The highest BCUT2D eigenvalue weighted by molar-refractivity contribution is 5.50. The van der Waals surface area contributed by atoms with Gasteiger partial charge in [0.05, 0.1) is 18.7 Å². The Hall–Kier alpha value is -4.22. The van der Waals surface area contributed by atoms with Crippen LogP contribution >= 0.6 is 0 Å². The number of aromatic nitrogens is 2. The Labute approximate surface area is 246 Å². The van der Waals surface area contributed by atoms with E-state index in [4.69, 9.17) is 5.73 Å². The molecule has 0 amide bonds. The van der Waals surface area contributed by atoms with Crippen molar-refractivity contribution in [1.29, 1.82) is 0 Å². The van der Waals surface area contributed by atoms with Crippen molar-refractivity contribution in [3.63, 3.8) is 0 Å². The van der Waals surface area contributed by atoms with Crippen molar-refractivity contribution in [2.75, 3.05) is 31.1 Å². The van der Waals surface area contributed by atoms with Gasteiger partial charge in [-0.05, 0) is 42.3 Å². The summed E-state index contributed by atoms with van der Waals surface area (Å²) in [7, 11) is 0. The van der Waals surface area contributed by atoms with E-state index in [0.29, 0.717) is 38.3 Å². The number of hydrogen-bond acceptors (Lipinski definition) is 5. The van der Waals surface area contributed by atoms with Crippen LogP contribution in [0.3, 0.4) is 0 Å². The van der Waals surface area contributed by atoms with Crippen LogP contribution in [-0.2, 0) is 25.8 Å². The normalized spacial score (nSPS) is 15.1. The Kier molecular flexibility index (Phi) is 8.84. The average Bonchev–Trinajstić information content (AvgIpc) is 2.99. The SMILES string of the molecule is Cc1c(N2CCN(Cc3c[c]ccc3)CC2)c(=O)n(C[C@H](N)c2ccccc2)c(=O)n1Cc1c(F)cccc1C(F)(F)F. The minimum atomic E-state index is -4.84. The predicted molar refractivity (Wildman–Crippen MR) is 156 cm³/mol. The minimum Gasteiger partial charge on any atom is -0.363 e. The van der Waals surface area contributed by atoms with Crippen molar-refractivity contribution < 1.29 is 17.6 Å². The van der Waals surface area contributed by atoms with Crippen molar-refractivity contribution in [2.45, 2.75) is 38.8 Å². The summed E-state index contributed by atoms with van der Waals surface area (Å²) < 4.78 is 58.5. The lowest BCUT2D eigenvalue weighted by Gasteiger charge is -2.37. The molecule has 0 unspecified atom stereocenters. The molecule has 4 aromatic rings. The lowest BCUT2D eigenvalue weighted by atomic mass is 10.1. The average molecular weight is 595 g/mol. The number of piperazine rings is 1. The Balaban J connectivity index is 1.55. The van der Waals surface area contributed by atoms with Crippen molar-refractivity contribution in [1.82, 2.24) is 14.0 Å². The molecule has 1 atom stereocenters. The summed E-state index contributed by atoms with van der Waals surface area (Å²) in [5, 5.41) is 0. The summed E-state index contributed by atoms with van der Waals surface area (Å²) in [4.78, 5) is 31.8. The second kappa shape index (κ2) is 12.6. The number of halogens is 4. The molecular formula is C32H32F4N5O2. The van der Waals surface area contributed by atoms with E-state index in [9.17, 15) is 27.2 Å². The van der Waals surface area contributed by atoms with Crippen LogP contribution in [0.4, 0.5) is 23.2 Å². The highest BCUT2D eigenvalue weighted by Gasteiger charge is 2.35. The molecule has 11 heteroatoms. The van der Waals surface area contributed by atoms with Crippen LogP contribution in [0, 0.1) is 18.8 Å². The van der Waals surface area contributed by atoms with Crippen LogP contribution < -0.4 is 21.9 Å². The lowest BCUT2D eigenvalue weighted by molar-refractivity contribution is -0.138. The lowest BCUT2D eigenvalue weighted by Crippen LogP contribution is -2.51. The van der Waals surface area contributed by atoms with E-state index in [0.717, 1.165) is 32.9 Å². The Morgan fingerprint density at radius 3 is 2.28 bits per heavy atom. The molecule has 0 spiro atoms. The number of nitrogens with zero attached hydrogens (tertiary/aromatic N) is 4. The molecule has 1 saturated heterocycles. The topological polar surface area (TPSA) is 76.5 Å². The zero-order chi connectivity index (χ0) is 30.7. The van der Waals surface area contributed by atoms with Crippen molar-refractivity contribution >= 4 is 5.69 Å². The number of alkyl halides is 3. The van der Waals surface area contributed by atoms with E-state index in [2.05, 4.69) is 11.0 Å². The van der Waals surface area contributed by atoms with Gasteiger partial charge in [-0.25, -0.2) is 9.18 Å². The third-order valence-electron chi connectivity index (χ3n) is 7.87. The molecule has 2 heterocycles. The van der Waals surface area contributed by atoms with Gasteiger partial charge in [0, 0.05) is 50.0 Å². The van der Waals surface area contributed by atoms with Gasteiger partial charge in [0.25, 0.3) is 5.56 Å². The van der Waals surface area contributed by atoms with Crippen molar-refractivity contribution in [2.24, 2.45) is 5.73 Å². The number of nitrogens with two attached hydrogens (primary N) is 1. The monoisotopic (exact) mass is 594 g/mol. The molecule has 225 valence electrons. The van der Waals surface area contributed by atoms with Crippen LogP contribution in [-0.4, -0.2) is 40.2 Å². The molecule has 0 aliphatic carbocycles. The Bertz CT molecular complexity index is 1680. The standard InChI is InChI=1S/C32H32F4N5O2/c1-22-29(39-17-15-38(16-18-39)19-23-9-4-2-5-10-23)30(42)41(21-28(37)24-11-6-3-7-12-24)31(43)40(22)20-25-26(32(34,35)36)13-8-14-27(25)33/h2-4,6-14,28H,15-21,37H2,1H3/t28-/m0/s1. The fraction of sp³-hybridized carbons (Fsp3) is 0.312. The molecule has 1 aliphatic rings. The molecule has 0 bridgehead atoms. The first-order valence-corrected chi connectivity index (χ1v) is 14.0. The molecule has 1 aliphatic heterocycles. The number of rotatable bonds is 8. The maximum Gasteiger partial charge on any atom is 0.416 e. The number of benzene rings is 3. The third-order valence-corrected chi connectivity index (χ3v) is 7.87. The summed E-state index contributed by atoms with van der Waals surface area (Å²) in [6, 6.07) is 21.6. The molecule has 2 N–H and O–H groups in total. The van der Waals surface area contributed by atoms with Crippen LogP contribution in [0.25, 0.3) is 0 Å². The highest BCUT2D eigenvalue weighted by Crippen LogP contribution is 2.33. The largest absolute Gasteiger partial charge is 0.416 e. The van der Waals surface area contributed by atoms with Crippen LogP contribution in [0.5, 0.6) is 0 Å². The van der Waals surface area contributed by atoms with Gasteiger partial charge in [0.15, 0.2) is 0 Å². The van der Waals surface area contributed by atoms with Gasteiger partial charge >= 0.3 is 11.9 Å². The van der Waals surface area contributed by atoms with Gasteiger partial charge in [-0.2, -0.15) is 13.2 Å². The minimum absolute atomic E-state index is 0.169. The molecule has 3 aromatic carbocycles. The van der Waals surface area contributed by atoms with Crippen LogP contribution in [0.1, 0.15) is 34.0 Å². The maximum atomic E-state index is 14.9. The molecule has 0 saturated carbocycles. The zero-order valence-electron chi connectivity index (χ0n) is 23.6. The van der Waals surface area contributed by atoms with Gasteiger partial charge in [0.2, 0.25) is 0 Å². The van der Waals surface area contributed by atoms with Gasteiger partial charge in [-0.3, -0.25) is 18.8 Å². The second-order valence-electron chi connectivity index (χ2n) is 10.7. The van der Waals surface area contributed by atoms with E-state index in [-0.39, 0.29) is 17.9 Å². The Morgan fingerprint density at radius 2 is 1.63 bits per heavy atom. The summed E-state index contributed by atoms with van der Waals surface area (Å²) in [5.41, 5.74) is 5.25. The van der Waals surface area contributed by atoms with Crippen LogP contribution in [0.15, 0.2) is 82.4 Å². The molecule has 7 nitrogen and oxygen atoms in total. The predicted octanol–water partition coefficient (Wildman–Crippen LogP) is 4.35. The molecule has 43 heavy (non-hydrogen) atoms. The van der Waals surface area contributed by atoms with E-state index in [1.54, 1.807) is 24.3 Å². The number of anilines is 1. The molecule has 1 radical (unpaired) electrons. The van der Waals surface area contributed by atoms with E-state index in [1.165, 1.54) is 6.92 Å². The summed E-state index contributed by atoms with van der Waals surface area (Å²) >= 11 is 0. The van der Waals surface area contributed by atoms with Gasteiger partial charge in [-0.15, -0.1) is 0 Å². The van der Waals surface area contributed by atoms with Crippen LogP contribution in [0.2, 0.25) is 0 Å². The molecule has 5 rings (SSSR count). The summed E-state index contributed by atoms with van der Waals surface area (Å²) in [6.07, 6.45) is -4.84. The summed E-state index contributed by atoms with van der Waals surface area (Å²) in [6.45, 7) is 3.43. The zero-order valence-corrected chi connectivity index (χ0v) is 23.6. The number of hydrogen-bond donors (Lipinski definition) is 1. The Morgan fingerprint density at radius 1 is 0.907 bits per heavy atom. The van der Waals surface area contributed by atoms with E-state index >= 15 is 0 Å².